The topological polar surface area (TPSA) is 125 Å². The fourth-order valence-electron chi connectivity index (χ4n) is 1.39. The van der Waals surface area contributed by atoms with E-state index in [0.717, 1.165) is 0 Å². The van der Waals surface area contributed by atoms with Crippen LogP contribution in [0.5, 0.6) is 0 Å². The first-order valence-electron chi connectivity index (χ1n) is 4.69. The molecule has 0 radical (unpaired) electrons. The van der Waals surface area contributed by atoms with Crippen molar-refractivity contribution in [3.05, 3.63) is 0 Å². The SMILES string of the molecule is CC(N)OC1O[C@H](CO)[C@@H](O)[C@H](O)[C@@H]1O. The Morgan fingerprint density at radius 3 is 2.33 bits per heavy atom. The summed E-state index contributed by atoms with van der Waals surface area (Å²) in [6.07, 6.45) is -7.01. The molecule has 1 aliphatic rings. The van der Waals surface area contributed by atoms with Crippen LogP contribution in [0.4, 0.5) is 0 Å². The molecule has 15 heavy (non-hydrogen) atoms. The van der Waals surface area contributed by atoms with E-state index in [0.29, 0.717) is 0 Å². The predicted molar refractivity (Wildman–Crippen MR) is 48.5 cm³/mol. The minimum atomic E-state index is -1.43. The van der Waals surface area contributed by atoms with Gasteiger partial charge in [-0.25, -0.2) is 0 Å². The second-order valence-electron chi connectivity index (χ2n) is 3.54. The highest BCUT2D eigenvalue weighted by Crippen LogP contribution is 2.22. The van der Waals surface area contributed by atoms with Gasteiger partial charge in [-0.2, -0.15) is 0 Å². The highest BCUT2D eigenvalue weighted by molar-refractivity contribution is 4.88. The largest absolute Gasteiger partial charge is 0.394 e. The van der Waals surface area contributed by atoms with Gasteiger partial charge in [0.25, 0.3) is 0 Å². The maximum absolute atomic E-state index is 9.47. The summed E-state index contributed by atoms with van der Waals surface area (Å²) in [5.41, 5.74) is 5.33. The van der Waals surface area contributed by atoms with Crippen molar-refractivity contribution in [3.8, 4) is 0 Å². The lowest BCUT2D eigenvalue weighted by Crippen LogP contribution is -2.59. The first kappa shape index (κ1) is 12.8. The zero-order valence-electron chi connectivity index (χ0n) is 8.35. The van der Waals surface area contributed by atoms with Crippen LogP contribution >= 0.6 is 0 Å². The number of hydrogen-bond acceptors (Lipinski definition) is 7. The number of nitrogens with two attached hydrogens (primary N) is 1. The van der Waals surface area contributed by atoms with Crippen molar-refractivity contribution in [2.75, 3.05) is 6.61 Å². The van der Waals surface area contributed by atoms with Gasteiger partial charge in [0.2, 0.25) is 0 Å². The summed E-state index contributed by atoms with van der Waals surface area (Å²) < 4.78 is 10.0. The van der Waals surface area contributed by atoms with Crippen molar-refractivity contribution in [3.63, 3.8) is 0 Å². The average Bonchev–Trinajstić information content (AvgIpc) is 2.18. The minimum absolute atomic E-state index is 0.482. The fourth-order valence-corrected chi connectivity index (χ4v) is 1.39. The Bertz CT molecular complexity index is 200. The summed E-state index contributed by atoms with van der Waals surface area (Å²) in [6.45, 7) is 1.05. The highest BCUT2D eigenvalue weighted by atomic mass is 16.7. The van der Waals surface area contributed by atoms with Crippen LogP contribution in [0.1, 0.15) is 6.92 Å². The lowest BCUT2D eigenvalue weighted by atomic mass is 9.99. The summed E-state index contributed by atoms with van der Waals surface area (Å²) >= 11 is 0. The van der Waals surface area contributed by atoms with Gasteiger partial charge in [-0.1, -0.05) is 0 Å². The third kappa shape index (κ3) is 2.85. The lowest BCUT2D eigenvalue weighted by molar-refractivity contribution is -0.309. The van der Waals surface area contributed by atoms with E-state index in [2.05, 4.69) is 0 Å². The van der Waals surface area contributed by atoms with Gasteiger partial charge in [0.1, 0.15) is 30.6 Å². The molecule has 6 atom stereocenters. The molecular weight excluding hydrogens is 206 g/mol. The van der Waals surface area contributed by atoms with Gasteiger partial charge in [0.05, 0.1) is 6.61 Å². The lowest BCUT2D eigenvalue weighted by Gasteiger charge is -2.40. The van der Waals surface area contributed by atoms with Crippen LogP contribution in [0.3, 0.4) is 0 Å². The maximum Gasteiger partial charge on any atom is 0.188 e. The molecule has 1 saturated heterocycles. The molecule has 0 spiro atoms. The van der Waals surface area contributed by atoms with Crippen molar-refractivity contribution in [2.24, 2.45) is 5.73 Å². The Balaban J connectivity index is 2.65. The summed E-state index contributed by atoms with van der Waals surface area (Å²) in [5.74, 6) is 0. The van der Waals surface area contributed by atoms with E-state index in [-0.39, 0.29) is 0 Å². The smallest absolute Gasteiger partial charge is 0.188 e. The van der Waals surface area contributed by atoms with Crippen molar-refractivity contribution in [1.82, 2.24) is 0 Å². The van der Waals surface area contributed by atoms with E-state index >= 15 is 0 Å². The molecule has 6 N–H and O–H groups in total. The van der Waals surface area contributed by atoms with Crippen LogP contribution in [0, 0.1) is 0 Å². The zero-order chi connectivity index (χ0) is 11.6. The van der Waals surface area contributed by atoms with Crippen LogP contribution in [0.15, 0.2) is 0 Å². The molecule has 0 amide bonds. The predicted octanol–water partition coefficient (Wildman–Crippen LogP) is -2.89. The quantitative estimate of drug-likeness (QED) is 0.325. The second kappa shape index (κ2) is 5.17. The Hall–Kier alpha value is -0.280. The van der Waals surface area contributed by atoms with Crippen LogP contribution in [-0.4, -0.2) is 64.0 Å². The third-order valence-corrected chi connectivity index (χ3v) is 2.20. The van der Waals surface area contributed by atoms with Gasteiger partial charge < -0.3 is 35.6 Å². The maximum atomic E-state index is 9.47. The molecule has 0 saturated carbocycles. The summed E-state index contributed by atoms with van der Waals surface area (Å²) in [4.78, 5) is 0. The van der Waals surface area contributed by atoms with E-state index < -0.39 is 43.5 Å². The monoisotopic (exact) mass is 223 g/mol. The number of aliphatic hydroxyl groups excluding tert-OH is 4. The van der Waals surface area contributed by atoms with E-state index in [4.69, 9.17) is 20.3 Å². The van der Waals surface area contributed by atoms with Crippen molar-refractivity contribution in [1.29, 1.82) is 0 Å². The van der Waals surface area contributed by atoms with Gasteiger partial charge in [-0.3, -0.25) is 0 Å². The molecule has 90 valence electrons. The van der Waals surface area contributed by atoms with Crippen molar-refractivity contribution in [2.45, 2.75) is 43.9 Å². The first-order valence-corrected chi connectivity index (χ1v) is 4.69. The molecular formula is C8H17NO6. The fraction of sp³-hybridized carbons (Fsp3) is 1.00. The zero-order valence-corrected chi connectivity index (χ0v) is 8.35. The van der Waals surface area contributed by atoms with E-state index in [1.165, 1.54) is 6.92 Å². The third-order valence-electron chi connectivity index (χ3n) is 2.20. The van der Waals surface area contributed by atoms with Gasteiger partial charge in [0, 0.05) is 0 Å². The van der Waals surface area contributed by atoms with E-state index in [9.17, 15) is 15.3 Å². The Morgan fingerprint density at radius 2 is 1.87 bits per heavy atom. The van der Waals surface area contributed by atoms with E-state index in [1.807, 2.05) is 0 Å². The molecule has 0 aliphatic carbocycles. The Morgan fingerprint density at radius 1 is 1.27 bits per heavy atom. The molecule has 0 aromatic rings. The second-order valence-corrected chi connectivity index (χ2v) is 3.54. The molecule has 7 nitrogen and oxygen atoms in total. The normalized spacial score (nSPS) is 44.0. The molecule has 0 aromatic carbocycles. The number of hydrogen-bond donors (Lipinski definition) is 5. The van der Waals surface area contributed by atoms with Gasteiger partial charge in [0.15, 0.2) is 6.29 Å². The van der Waals surface area contributed by atoms with Gasteiger partial charge in [-0.05, 0) is 6.92 Å². The Kier molecular flexibility index (Phi) is 4.41. The summed E-state index contributed by atoms with van der Waals surface area (Å²) in [5, 5.41) is 37.1. The standard InChI is InChI=1S/C8H17NO6/c1-3(9)14-8-7(13)6(12)5(11)4(2-10)15-8/h3-8,10-13H,2,9H2,1H3/t3?,4-,5-,6+,7+,8?/m1/s1. The molecule has 2 unspecified atom stereocenters. The molecule has 1 rings (SSSR count). The van der Waals surface area contributed by atoms with Gasteiger partial charge >= 0.3 is 0 Å². The summed E-state index contributed by atoms with van der Waals surface area (Å²) in [7, 11) is 0. The molecule has 0 bridgehead atoms. The number of aliphatic hydroxyl groups is 4. The molecule has 1 aliphatic heterocycles. The average molecular weight is 223 g/mol. The summed E-state index contributed by atoms with van der Waals surface area (Å²) in [6, 6.07) is 0. The molecule has 1 fully saturated rings. The number of rotatable bonds is 3. The first-order chi connectivity index (χ1) is 6.97. The van der Waals surface area contributed by atoms with Crippen molar-refractivity contribution < 1.29 is 29.9 Å². The molecule has 0 aromatic heterocycles. The van der Waals surface area contributed by atoms with Crippen LogP contribution in [0.25, 0.3) is 0 Å². The van der Waals surface area contributed by atoms with Gasteiger partial charge in [-0.15, -0.1) is 0 Å². The Labute approximate surface area is 87.0 Å². The van der Waals surface area contributed by atoms with Crippen LogP contribution in [-0.2, 0) is 9.47 Å². The molecule has 1 heterocycles. The van der Waals surface area contributed by atoms with Crippen LogP contribution in [0.2, 0.25) is 0 Å². The minimum Gasteiger partial charge on any atom is -0.394 e. The van der Waals surface area contributed by atoms with Crippen LogP contribution < -0.4 is 5.73 Å². The van der Waals surface area contributed by atoms with E-state index in [1.54, 1.807) is 0 Å². The highest BCUT2D eigenvalue weighted by Gasteiger charge is 2.44. The molecule has 7 heteroatoms. The van der Waals surface area contributed by atoms with Crippen molar-refractivity contribution >= 4 is 0 Å². The number of ether oxygens (including phenoxy) is 2.